The molecule has 2 N–H and O–H groups in total. The van der Waals surface area contributed by atoms with Gasteiger partial charge in [0, 0.05) is 11.8 Å². The molecule has 0 spiro atoms. The molecule has 0 aliphatic heterocycles. The van der Waals surface area contributed by atoms with Crippen molar-refractivity contribution in [3.05, 3.63) is 45.9 Å². The van der Waals surface area contributed by atoms with Crippen molar-refractivity contribution < 1.29 is 4.74 Å². The summed E-state index contributed by atoms with van der Waals surface area (Å²) in [5, 5.41) is 3.04. The van der Waals surface area contributed by atoms with Gasteiger partial charge in [-0.1, -0.05) is 17.7 Å². The maximum absolute atomic E-state index is 5.66. The molecule has 17 heavy (non-hydrogen) atoms. The van der Waals surface area contributed by atoms with Gasteiger partial charge in [0.25, 0.3) is 0 Å². The Bertz CT molecular complexity index is 465. The van der Waals surface area contributed by atoms with Crippen molar-refractivity contribution in [1.82, 2.24) is 4.98 Å². The van der Waals surface area contributed by atoms with E-state index in [9.17, 15) is 0 Å². The normalized spacial score (nSPS) is 10.5. The molecule has 0 fully saturated rings. The molecular formula is C13H16N2OS. The molecule has 0 aliphatic carbocycles. The van der Waals surface area contributed by atoms with Crippen LogP contribution >= 0.6 is 11.3 Å². The Balaban J connectivity index is 1.90. The number of thiazole rings is 1. The third kappa shape index (κ3) is 3.54. The van der Waals surface area contributed by atoms with E-state index in [-0.39, 0.29) is 0 Å². The van der Waals surface area contributed by atoms with Crippen LogP contribution in [0.5, 0.6) is 5.75 Å². The minimum absolute atomic E-state index is 0.526. The van der Waals surface area contributed by atoms with Crippen LogP contribution in [0.3, 0.4) is 0 Å². The summed E-state index contributed by atoms with van der Waals surface area (Å²) in [6, 6.07) is 8.03. The van der Waals surface area contributed by atoms with Crippen molar-refractivity contribution in [3.8, 4) is 5.75 Å². The van der Waals surface area contributed by atoms with Gasteiger partial charge >= 0.3 is 0 Å². The van der Waals surface area contributed by atoms with Gasteiger partial charge < -0.3 is 10.5 Å². The molecule has 4 heteroatoms. The Kier molecular flexibility index (Phi) is 4.12. The van der Waals surface area contributed by atoms with Crippen molar-refractivity contribution in [3.63, 3.8) is 0 Å². The first-order valence-corrected chi connectivity index (χ1v) is 6.48. The van der Waals surface area contributed by atoms with E-state index in [2.05, 4.69) is 11.9 Å². The first kappa shape index (κ1) is 12.1. The van der Waals surface area contributed by atoms with E-state index in [4.69, 9.17) is 10.5 Å². The van der Waals surface area contributed by atoms with Crippen LogP contribution in [0.25, 0.3) is 0 Å². The molecule has 0 bridgehead atoms. The lowest BCUT2D eigenvalue weighted by Crippen LogP contribution is -2.03. The molecule has 90 valence electrons. The van der Waals surface area contributed by atoms with Gasteiger partial charge in [-0.25, -0.2) is 4.98 Å². The van der Waals surface area contributed by atoms with Gasteiger partial charge in [0.1, 0.15) is 17.4 Å². The molecule has 1 aromatic carbocycles. The van der Waals surface area contributed by atoms with Gasteiger partial charge in [-0.05, 0) is 25.6 Å². The van der Waals surface area contributed by atoms with Gasteiger partial charge in [-0.3, -0.25) is 0 Å². The number of rotatable bonds is 5. The average Bonchev–Trinajstić information content (AvgIpc) is 2.77. The summed E-state index contributed by atoms with van der Waals surface area (Å²) in [4.78, 5) is 4.45. The highest BCUT2D eigenvalue weighted by Crippen LogP contribution is 2.16. The van der Waals surface area contributed by atoms with Crippen molar-refractivity contribution >= 4 is 11.3 Å². The highest BCUT2D eigenvalue weighted by atomic mass is 32.1. The summed E-state index contributed by atoms with van der Waals surface area (Å²) in [7, 11) is 0. The van der Waals surface area contributed by atoms with Gasteiger partial charge in [-0.15, -0.1) is 11.3 Å². The van der Waals surface area contributed by atoms with Crippen LogP contribution in [-0.4, -0.2) is 11.5 Å². The molecule has 1 aromatic heterocycles. The third-order valence-corrected chi connectivity index (χ3v) is 3.25. The molecule has 0 amide bonds. The number of nitrogens with two attached hydrogens (primary N) is 1. The SMILES string of the molecule is Cc1ccc(OCc2nc(CCN)cs2)cc1. The zero-order valence-electron chi connectivity index (χ0n) is 9.85. The number of hydrogen-bond acceptors (Lipinski definition) is 4. The second kappa shape index (κ2) is 5.80. The van der Waals surface area contributed by atoms with Crippen LogP contribution in [0.15, 0.2) is 29.6 Å². The van der Waals surface area contributed by atoms with Crippen molar-refractivity contribution in [2.24, 2.45) is 5.73 Å². The molecule has 0 atom stereocenters. The summed E-state index contributed by atoms with van der Waals surface area (Å²) in [5.74, 6) is 0.881. The van der Waals surface area contributed by atoms with Gasteiger partial charge in [-0.2, -0.15) is 0 Å². The predicted molar refractivity (Wildman–Crippen MR) is 70.4 cm³/mol. The van der Waals surface area contributed by atoms with E-state index < -0.39 is 0 Å². The summed E-state index contributed by atoms with van der Waals surface area (Å²) in [6.07, 6.45) is 0.834. The van der Waals surface area contributed by atoms with Crippen LogP contribution in [0.4, 0.5) is 0 Å². The average molecular weight is 248 g/mol. The molecule has 0 saturated carbocycles. The quantitative estimate of drug-likeness (QED) is 0.884. The molecule has 2 rings (SSSR count). The molecule has 0 aliphatic rings. The van der Waals surface area contributed by atoms with E-state index in [1.54, 1.807) is 11.3 Å². The Morgan fingerprint density at radius 2 is 2.06 bits per heavy atom. The number of benzene rings is 1. The lowest BCUT2D eigenvalue weighted by atomic mass is 10.2. The summed E-state index contributed by atoms with van der Waals surface area (Å²) < 4.78 is 5.66. The summed E-state index contributed by atoms with van der Waals surface area (Å²) in [6.45, 7) is 3.23. The Hall–Kier alpha value is -1.39. The van der Waals surface area contributed by atoms with Crippen LogP contribution in [0.1, 0.15) is 16.3 Å². The fourth-order valence-electron chi connectivity index (χ4n) is 1.46. The minimum Gasteiger partial charge on any atom is -0.486 e. The predicted octanol–water partition coefficient (Wildman–Crippen LogP) is 2.53. The van der Waals surface area contributed by atoms with E-state index in [1.165, 1.54) is 5.56 Å². The van der Waals surface area contributed by atoms with Crippen LogP contribution in [-0.2, 0) is 13.0 Å². The number of hydrogen-bond donors (Lipinski definition) is 1. The van der Waals surface area contributed by atoms with Gasteiger partial charge in [0.05, 0.1) is 5.69 Å². The maximum Gasteiger partial charge on any atom is 0.140 e. The smallest absolute Gasteiger partial charge is 0.140 e. The topological polar surface area (TPSA) is 48.1 Å². The van der Waals surface area contributed by atoms with Crippen LogP contribution in [0.2, 0.25) is 0 Å². The van der Waals surface area contributed by atoms with E-state index in [0.717, 1.165) is 22.9 Å². The minimum atomic E-state index is 0.526. The number of aromatic nitrogens is 1. The van der Waals surface area contributed by atoms with E-state index >= 15 is 0 Å². The highest BCUT2D eigenvalue weighted by Gasteiger charge is 2.02. The highest BCUT2D eigenvalue weighted by molar-refractivity contribution is 7.09. The Morgan fingerprint density at radius 3 is 2.76 bits per heavy atom. The van der Waals surface area contributed by atoms with E-state index in [0.29, 0.717) is 13.2 Å². The van der Waals surface area contributed by atoms with Crippen LogP contribution < -0.4 is 10.5 Å². The molecule has 1 heterocycles. The molecule has 3 nitrogen and oxygen atoms in total. The first-order chi connectivity index (χ1) is 8.28. The monoisotopic (exact) mass is 248 g/mol. The summed E-state index contributed by atoms with van der Waals surface area (Å²) >= 11 is 1.62. The molecular weight excluding hydrogens is 232 g/mol. The van der Waals surface area contributed by atoms with E-state index in [1.807, 2.05) is 29.6 Å². The maximum atomic E-state index is 5.66. The standard InChI is InChI=1S/C13H16N2OS/c1-10-2-4-12(5-3-10)16-8-13-15-11(6-7-14)9-17-13/h2-5,9H,6-8,14H2,1H3. The fraction of sp³-hybridized carbons (Fsp3) is 0.308. The van der Waals surface area contributed by atoms with Crippen LogP contribution in [0, 0.1) is 6.92 Å². The van der Waals surface area contributed by atoms with Crippen molar-refractivity contribution in [2.75, 3.05) is 6.54 Å². The lowest BCUT2D eigenvalue weighted by Gasteiger charge is -2.03. The van der Waals surface area contributed by atoms with Crippen molar-refractivity contribution in [1.29, 1.82) is 0 Å². The Labute approximate surface area is 105 Å². The number of aryl methyl sites for hydroxylation is 1. The zero-order valence-corrected chi connectivity index (χ0v) is 10.7. The second-order valence-electron chi connectivity index (χ2n) is 3.87. The van der Waals surface area contributed by atoms with Gasteiger partial charge in [0.15, 0.2) is 0 Å². The Morgan fingerprint density at radius 1 is 1.29 bits per heavy atom. The molecule has 0 saturated heterocycles. The zero-order chi connectivity index (χ0) is 12.1. The molecule has 0 radical (unpaired) electrons. The summed E-state index contributed by atoms with van der Waals surface area (Å²) in [5.41, 5.74) is 7.77. The lowest BCUT2D eigenvalue weighted by molar-refractivity contribution is 0.305. The van der Waals surface area contributed by atoms with Gasteiger partial charge in [0.2, 0.25) is 0 Å². The number of nitrogens with zero attached hydrogens (tertiary/aromatic N) is 1. The van der Waals surface area contributed by atoms with Crippen molar-refractivity contribution in [2.45, 2.75) is 20.0 Å². The molecule has 0 unspecified atom stereocenters. The third-order valence-electron chi connectivity index (χ3n) is 2.38. The largest absolute Gasteiger partial charge is 0.486 e. The second-order valence-corrected chi connectivity index (χ2v) is 4.82. The molecule has 2 aromatic rings. The fourth-order valence-corrected chi connectivity index (χ4v) is 2.20. The number of ether oxygens (including phenoxy) is 1. The first-order valence-electron chi connectivity index (χ1n) is 5.61.